The van der Waals surface area contributed by atoms with Crippen molar-refractivity contribution in [1.29, 1.82) is 5.41 Å². The van der Waals surface area contributed by atoms with Crippen LogP contribution in [0.15, 0.2) is 66.7 Å². The summed E-state index contributed by atoms with van der Waals surface area (Å²) in [6.45, 7) is 4.29. The van der Waals surface area contributed by atoms with E-state index in [4.69, 9.17) is 5.41 Å². The number of rotatable bonds is 4. The Balaban J connectivity index is 1.71. The highest BCUT2D eigenvalue weighted by molar-refractivity contribution is 6.08. The molecule has 0 radical (unpaired) electrons. The van der Waals surface area contributed by atoms with E-state index in [2.05, 4.69) is 80.6 Å². The maximum absolute atomic E-state index is 7.84. The zero-order valence-electron chi connectivity index (χ0n) is 15.3. The smallest absolute Gasteiger partial charge is 0.0253 e. The van der Waals surface area contributed by atoms with Crippen LogP contribution in [0.3, 0.4) is 0 Å². The minimum atomic E-state index is 0.863. The van der Waals surface area contributed by atoms with E-state index in [1.165, 1.54) is 45.2 Å². The average Bonchev–Trinajstić information content (AvgIpc) is 3.03. The second-order valence-electron chi connectivity index (χ2n) is 7.10. The normalized spacial score (nSPS) is 12.6. The summed E-state index contributed by atoms with van der Waals surface area (Å²) >= 11 is 0. The number of nitrogens with one attached hydrogen (secondary N) is 1. The lowest BCUT2D eigenvalue weighted by Crippen LogP contribution is -1.97. The molecule has 0 fully saturated rings. The maximum atomic E-state index is 7.84. The van der Waals surface area contributed by atoms with Crippen molar-refractivity contribution >= 4 is 11.8 Å². The average molecular weight is 337 g/mol. The number of fused-ring (bicyclic) bond motifs is 3. The summed E-state index contributed by atoms with van der Waals surface area (Å²) in [6.07, 6.45) is 5.55. The molecule has 0 heterocycles. The molecular formula is C25H23N. The maximum Gasteiger partial charge on any atom is 0.0253 e. The van der Waals surface area contributed by atoms with Crippen LogP contribution in [0.4, 0.5) is 0 Å². The van der Waals surface area contributed by atoms with Crippen molar-refractivity contribution in [2.45, 2.75) is 26.7 Å². The molecule has 1 heteroatoms. The molecule has 3 aromatic rings. The third-order valence-electron chi connectivity index (χ3n) is 5.41. The first-order chi connectivity index (χ1) is 12.7. The lowest BCUT2D eigenvalue weighted by Gasteiger charge is -2.11. The number of hydrogen-bond acceptors (Lipinski definition) is 1. The predicted octanol–water partition coefficient (Wildman–Crippen LogP) is 6.15. The van der Waals surface area contributed by atoms with Crippen LogP contribution >= 0.6 is 0 Å². The van der Waals surface area contributed by atoms with Gasteiger partial charge < -0.3 is 5.41 Å². The molecule has 1 aliphatic carbocycles. The third kappa shape index (κ3) is 2.90. The van der Waals surface area contributed by atoms with Crippen molar-refractivity contribution in [3.8, 4) is 11.1 Å². The van der Waals surface area contributed by atoms with Gasteiger partial charge in [-0.1, -0.05) is 72.3 Å². The molecule has 1 aliphatic rings. The molecule has 0 amide bonds. The van der Waals surface area contributed by atoms with E-state index >= 15 is 0 Å². The van der Waals surface area contributed by atoms with Gasteiger partial charge in [-0.05, 0) is 71.2 Å². The Kier molecular flexibility index (Phi) is 4.30. The monoisotopic (exact) mass is 337 g/mol. The summed E-state index contributed by atoms with van der Waals surface area (Å²) in [6, 6.07) is 21.6. The molecule has 0 aliphatic heterocycles. The lowest BCUT2D eigenvalue weighted by atomic mass is 9.93. The van der Waals surface area contributed by atoms with Gasteiger partial charge in [-0.15, -0.1) is 0 Å². The fraction of sp³-hybridized carbons (Fsp3) is 0.160. The van der Waals surface area contributed by atoms with Gasteiger partial charge in [0.2, 0.25) is 0 Å². The molecule has 0 atom stereocenters. The van der Waals surface area contributed by atoms with Crippen LogP contribution in [0.5, 0.6) is 0 Å². The second-order valence-corrected chi connectivity index (χ2v) is 7.10. The van der Waals surface area contributed by atoms with Gasteiger partial charge in [0.25, 0.3) is 0 Å². The number of benzene rings is 3. The van der Waals surface area contributed by atoms with Crippen LogP contribution in [0.2, 0.25) is 0 Å². The van der Waals surface area contributed by atoms with Gasteiger partial charge in [0.15, 0.2) is 0 Å². The first-order valence-corrected chi connectivity index (χ1v) is 9.14. The summed E-state index contributed by atoms with van der Waals surface area (Å²) in [5, 5.41) is 7.84. The molecule has 0 bridgehead atoms. The van der Waals surface area contributed by atoms with Crippen LogP contribution < -0.4 is 0 Å². The molecule has 0 aromatic heterocycles. The van der Waals surface area contributed by atoms with Crippen molar-refractivity contribution in [2.24, 2.45) is 0 Å². The van der Waals surface area contributed by atoms with Gasteiger partial charge >= 0.3 is 0 Å². The van der Waals surface area contributed by atoms with E-state index in [-0.39, 0.29) is 0 Å². The van der Waals surface area contributed by atoms with Gasteiger partial charge in [0.1, 0.15) is 0 Å². The third-order valence-corrected chi connectivity index (χ3v) is 5.41. The highest BCUT2D eigenvalue weighted by atomic mass is 14.3. The van der Waals surface area contributed by atoms with E-state index in [1.54, 1.807) is 0 Å². The molecule has 3 aromatic carbocycles. The molecule has 0 saturated carbocycles. The minimum absolute atomic E-state index is 0.863. The number of hydrogen-bond donors (Lipinski definition) is 1. The molecule has 0 spiro atoms. The Morgan fingerprint density at radius 3 is 2.46 bits per heavy atom. The summed E-state index contributed by atoms with van der Waals surface area (Å²) < 4.78 is 0. The largest absolute Gasteiger partial charge is 0.308 e. The Hall–Kier alpha value is -2.93. The summed E-state index contributed by atoms with van der Waals surface area (Å²) in [5.41, 5.74) is 11.7. The van der Waals surface area contributed by atoms with Crippen molar-refractivity contribution in [1.82, 2.24) is 0 Å². The highest BCUT2D eigenvalue weighted by Crippen LogP contribution is 2.39. The summed E-state index contributed by atoms with van der Waals surface area (Å²) in [4.78, 5) is 0. The van der Waals surface area contributed by atoms with Crippen LogP contribution in [0.25, 0.3) is 16.7 Å². The molecule has 4 rings (SSSR count). The number of allylic oxidation sites excluding steroid dienone is 2. The Bertz CT molecular complexity index is 1010. The molecule has 128 valence electrons. The van der Waals surface area contributed by atoms with Gasteiger partial charge in [-0.3, -0.25) is 0 Å². The quantitative estimate of drug-likeness (QED) is 0.432. The van der Waals surface area contributed by atoms with E-state index in [1.807, 2.05) is 0 Å². The fourth-order valence-corrected chi connectivity index (χ4v) is 3.89. The minimum Gasteiger partial charge on any atom is -0.308 e. The first-order valence-electron chi connectivity index (χ1n) is 9.14. The molecular weight excluding hydrogens is 314 g/mol. The highest BCUT2D eigenvalue weighted by Gasteiger charge is 2.21. The standard InChI is InChI=1S/C25H23N/c1-17-7-10-19(11-8-17)21(16-26)12-14-22-18(2)9-13-24-23-6-4-3-5-20(23)15-25(22)24/h3-13,16,26H,14-15H2,1-2H3/b21-12+,26-16?. The first kappa shape index (κ1) is 16.5. The van der Waals surface area contributed by atoms with Crippen LogP contribution in [0, 0.1) is 19.3 Å². The summed E-state index contributed by atoms with van der Waals surface area (Å²) in [5.74, 6) is 0. The molecule has 26 heavy (non-hydrogen) atoms. The van der Waals surface area contributed by atoms with E-state index < -0.39 is 0 Å². The Labute approximate surface area is 155 Å². The van der Waals surface area contributed by atoms with Crippen molar-refractivity contribution in [2.75, 3.05) is 0 Å². The topological polar surface area (TPSA) is 23.9 Å². The lowest BCUT2D eigenvalue weighted by molar-refractivity contribution is 1.13. The fourth-order valence-electron chi connectivity index (χ4n) is 3.89. The van der Waals surface area contributed by atoms with Crippen molar-refractivity contribution in [3.63, 3.8) is 0 Å². The molecule has 1 N–H and O–H groups in total. The van der Waals surface area contributed by atoms with Crippen molar-refractivity contribution < 1.29 is 0 Å². The molecule has 0 saturated heterocycles. The zero-order chi connectivity index (χ0) is 18.1. The van der Waals surface area contributed by atoms with E-state index in [9.17, 15) is 0 Å². The molecule has 0 unspecified atom stereocenters. The molecule has 1 nitrogen and oxygen atoms in total. The van der Waals surface area contributed by atoms with Crippen LogP contribution in [0.1, 0.15) is 33.4 Å². The van der Waals surface area contributed by atoms with Crippen molar-refractivity contribution in [3.05, 3.63) is 100 Å². The number of aryl methyl sites for hydroxylation is 2. The second kappa shape index (κ2) is 6.76. The van der Waals surface area contributed by atoms with Gasteiger partial charge in [-0.2, -0.15) is 0 Å². The Morgan fingerprint density at radius 1 is 0.923 bits per heavy atom. The SMILES string of the molecule is Cc1ccc(/C(C=N)=C/Cc2c(C)ccc3c2Cc2ccccc2-3)cc1. The Morgan fingerprint density at radius 2 is 1.69 bits per heavy atom. The van der Waals surface area contributed by atoms with E-state index in [0.717, 1.165) is 24.0 Å². The van der Waals surface area contributed by atoms with Crippen LogP contribution in [-0.2, 0) is 12.8 Å². The zero-order valence-corrected chi connectivity index (χ0v) is 15.3. The van der Waals surface area contributed by atoms with E-state index in [0.29, 0.717) is 0 Å². The predicted molar refractivity (Wildman–Crippen MR) is 111 cm³/mol. The van der Waals surface area contributed by atoms with Crippen LogP contribution in [-0.4, -0.2) is 6.21 Å². The summed E-state index contributed by atoms with van der Waals surface area (Å²) in [7, 11) is 0. The van der Waals surface area contributed by atoms with Gasteiger partial charge in [0.05, 0.1) is 0 Å². The van der Waals surface area contributed by atoms with Gasteiger partial charge in [-0.25, -0.2) is 0 Å². The van der Waals surface area contributed by atoms with Gasteiger partial charge in [0, 0.05) is 6.21 Å².